The average molecular weight is 370 g/mol. The number of aromatic nitrogens is 2. The number of piperidine rings is 1. The van der Waals surface area contributed by atoms with Crippen LogP contribution in [0.15, 0.2) is 30.3 Å². The van der Waals surface area contributed by atoms with Gasteiger partial charge in [0.05, 0.1) is 0 Å². The van der Waals surface area contributed by atoms with Crippen molar-refractivity contribution < 1.29 is 9.18 Å². The third-order valence-corrected chi connectivity index (χ3v) is 5.04. The van der Waals surface area contributed by atoms with Crippen molar-refractivity contribution in [2.75, 3.05) is 18.4 Å². The van der Waals surface area contributed by atoms with E-state index in [0.29, 0.717) is 24.2 Å². The molecule has 0 bridgehead atoms. The predicted octanol–water partition coefficient (Wildman–Crippen LogP) is 3.98. The summed E-state index contributed by atoms with van der Waals surface area (Å²) in [5.74, 6) is 0.221. The van der Waals surface area contributed by atoms with Crippen LogP contribution < -0.4 is 5.32 Å². The summed E-state index contributed by atoms with van der Waals surface area (Å²) >= 11 is 0. The molecule has 27 heavy (non-hydrogen) atoms. The lowest BCUT2D eigenvalue weighted by Gasteiger charge is -2.35. The van der Waals surface area contributed by atoms with E-state index in [-0.39, 0.29) is 11.7 Å². The average Bonchev–Trinajstić information content (AvgIpc) is 2.68. The second-order valence-corrected chi connectivity index (χ2v) is 7.08. The molecular weight excluding hydrogens is 343 g/mol. The zero-order valence-electron chi connectivity index (χ0n) is 16.0. The van der Waals surface area contributed by atoms with Gasteiger partial charge in [-0.05, 0) is 62.8 Å². The topological polar surface area (TPSA) is 58.1 Å². The molecule has 2 aromatic rings. The fourth-order valence-corrected chi connectivity index (χ4v) is 3.57. The molecule has 2 heterocycles. The van der Waals surface area contributed by atoms with Gasteiger partial charge < -0.3 is 10.2 Å². The first-order chi connectivity index (χ1) is 13.1. The van der Waals surface area contributed by atoms with E-state index in [2.05, 4.69) is 22.2 Å². The molecule has 1 aromatic heterocycles. The molecule has 0 saturated carbocycles. The summed E-state index contributed by atoms with van der Waals surface area (Å²) in [5.41, 5.74) is 2.25. The van der Waals surface area contributed by atoms with Gasteiger partial charge in [0.2, 0.25) is 5.95 Å². The summed E-state index contributed by atoms with van der Waals surface area (Å²) in [6, 6.07) is 8.51. The summed E-state index contributed by atoms with van der Waals surface area (Å²) in [6.07, 6.45) is 4.99. The molecule has 5 nitrogen and oxygen atoms in total. The smallest absolute Gasteiger partial charge is 0.272 e. The van der Waals surface area contributed by atoms with Gasteiger partial charge in [-0.15, -0.1) is 0 Å². The van der Waals surface area contributed by atoms with Crippen molar-refractivity contribution in [2.45, 2.75) is 52.0 Å². The van der Waals surface area contributed by atoms with E-state index in [1.807, 2.05) is 11.8 Å². The van der Waals surface area contributed by atoms with Gasteiger partial charge in [0.25, 0.3) is 5.91 Å². The maximum absolute atomic E-state index is 13.0. The van der Waals surface area contributed by atoms with Crippen LogP contribution in [0.5, 0.6) is 0 Å². The molecule has 1 fully saturated rings. The number of anilines is 1. The molecule has 1 saturated heterocycles. The molecule has 1 aromatic carbocycles. The summed E-state index contributed by atoms with van der Waals surface area (Å²) in [6.45, 7) is 5.42. The summed E-state index contributed by atoms with van der Waals surface area (Å²) in [7, 11) is 0. The van der Waals surface area contributed by atoms with Gasteiger partial charge in [-0.25, -0.2) is 14.4 Å². The molecule has 1 amide bonds. The SMILES string of the molecule is CCC1CCCCN1C(=O)c1cc(C)nc(NCCc2ccc(F)cc2)n1. The lowest BCUT2D eigenvalue weighted by molar-refractivity contribution is 0.0601. The molecule has 144 valence electrons. The minimum Gasteiger partial charge on any atom is -0.354 e. The molecule has 3 rings (SSSR count). The third-order valence-electron chi connectivity index (χ3n) is 5.04. The molecule has 1 atom stereocenters. The Hall–Kier alpha value is -2.50. The second-order valence-electron chi connectivity index (χ2n) is 7.08. The number of halogens is 1. The highest BCUT2D eigenvalue weighted by Gasteiger charge is 2.27. The van der Waals surface area contributed by atoms with E-state index in [0.717, 1.165) is 43.5 Å². The lowest BCUT2D eigenvalue weighted by Crippen LogP contribution is -2.43. The first-order valence-corrected chi connectivity index (χ1v) is 9.71. The molecule has 1 unspecified atom stereocenters. The molecule has 6 heteroatoms. The molecule has 0 radical (unpaired) electrons. The Kier molecular flexibility index (Phi) is 6.37. The fraction of sp³-hybridized carbons (Fsp3) is 0.476. The number of hydrogen-bond acceptors (Lipinski definition) is 4. The molecule has 0 aliphatic carbocycles. The Labute approximate surface area is 160 Å². The van der Waals surface area contributed by atoms with Crippen molar-refractivity contribution >= 4 is 11.9 Å². The summed E-state index contributed by atoms with van der Waals surface area (Å²) < 4.78 is 13.0. The van der Waals surface area contributed by atoms with Gasteiger partial charge in [-0.3, -0.25) is 4.79 Å². The van der Waals surface area contributed by atoms with Crippen LogP contribution in [0, 0.1) is 12.7 Å². The zero-order chi connectivity index (χ0) is 19.2. The molecule has 0 spiro atoms. The van der Waals surface area contributed by atoms with Crippen molar-refractivity contribution in [3.05, 3.63) is 53.1 Å². The second kappa shape index (κ2) is 8.93. The van der Waals surface area contributed by atoms with Crippen LogP contribution in [0.1, 0.15) is 54.4 Å². The molecule has 1 N–H and O–H groups in total. The highest BCUT2D eigenvalue weighted by Crippen LogP contribution is 2.21. The summed E-state index contributed by atoms with van der Waals surface area (Å²) in [4.78, 5) is 23.8. The zero-order valence-corrected chi connectivity index (χ0v) is 16.0. The van der Waals surface area contributed by atoms with Gasteiger partial charge in [0, 0.05) is 24.8 Å². The van der Waals surface area contributed by atoms with E-state index in [1.54, 1.807) is 18.2 Å². The summed E-state index contributed by atoms with van der Waals surface area (Å²) in [5, 5.41) is 3.19. The lowest BCUT2D eigenvalue weighted by atomic mass is 9.99. The number of rotatable bonds is 6. The van der Waals surface area contributed by atoms with Gasteiger partial charge >= 0.3 is 0 Å². The molecule has 1 aliphatic heterocycles. The predicted molar refractivity (Wildman–Crippen MR) is 104 cm³/mol. The highest BCUT2D eigenvalue weighted by atomic mass is 19.1. The Morgan fingerprint density at radius 1 is 1.26 bits per heavy atom. The first kappa shape index (κ1) is 19.3. The van der Waals surface area contributed by atoms with Crippen LogP contribution in [0.3, 0.4) is 0 Å². The number of benzene rings is 1. The number of carbonyl (C=O) groups is 1. The van der Waals surface area contributed by atoms with E-state index >= 15 is 0 Å². The Morgan fingerprint density at radius 3 is 2.78 bits per heavy atom. The van der Waals surface area contributed by atoms with Gasteiger partial charge in [0.1, 0.15) is 11.5 Å². The highest BCUT2D eigenvalue weighted by molar-refractivity contribution is 5.93. The van der Waals surface area contributed by atoms with Crippen molar-refractivity contribution in [1.29, 1.82) is 0 Å². The van der Waals surface area contributed by atoms with Crippen LogP contribution in [-0.2, 0) is 6.42 Å². The number of nitrogens with zero attached hydrogens (tertiary/aromatic N) is 3. The standard InChI is InChI=1S/C21H27FN4O/c1-3-18-6-4-5-13-26(18)20(27)19-14-15(2)24-21(25-19)23-12-11-16-7-9-17(22)10-8-16/h7-10,14,18H,3-6,11-13H2,1-2H3,(H,23,24,25). The quantitative estimate of drug-likeness (QED) is 0.835. The van der Waals surface area contributed by atoms with E-state index < -0.39 is 0 Å². The molecular formula is C21H27FN4O. The van der Waals surface area contributed by atoms with Gasteiger partial charge in [0.15, 0.2) is 0 Å². The Balaban J connectivity index is 1.66. The van der Waals surface area contributed by atoms with Crippen LogP contribution in [0.25, 0.3) is 0 Å². The number of amides is 1. The van der Waals surface area contributed by atoms with Crippen molar-refractivity contribution in [1.82, 2.24) is 14.9 Å². The number of aryl methyl sites for hydroxylation is 1. The minimum atomic E-state index is -0.236. The van der Waals surface area contributed by atoms with Crippen LogP contribution in [-0.4, -0.2) is 39.9 Å². The maximum atomic E-state index is 13.0. The Morgan fingerprint density at radius 2 is 2.04 bits per heavy atom. The third kappa shape index (κ3) is 5.02. The number of carbonyl (C=O) groups excluding carboxylic acids is 1. The normalized spacial score (nSPS) is 17.0. The van der Waals surface area contributed by atoms with E-state index in [1.165, 1.54) is 18.6 Å². The van der Waals surface area contributed by atoms with E-state index in [4.69, 9.17) is 0 Å². The maximum Gasteiger partial charge on any atom is 0.272 e. The Bertz CT molecular complexity index is 778. The van der Waals surface area contributed by atoms with E-state index in [9.17, 15) is 9.18 Å². The van der Waals surface area contributed by atoms with Crippen LogP contribution in [0.4, 0.5) is 10.3 Å². The van der Waals surface area contributed by atoms with Crippen molar-refractivity contribution in [3.63, 3.8) is 0 Å². The van der Waals surface area contributed by atoms with Gasteiger partial charge in [-0.1, -0.05) is 19.1 Å². The van der Waals surface area contributed by atoms with Crippen molar-refractivity contribution in [2.24, 2.45) is 0 Å². The van der Waals surface area contributed by atoms with Crippen molar-refractivity contribution in [3.8, 4) is 0 Å². The van der Waals surface area contributed by atoms with Crippen LogP contribution in [0.2, 0.25) is 0 Å². The van der Waals surface area contributed by atoms with Crippen LogP contribution >= 0.6 is 0 Å². The fourth-order valence-electron chi connectivity index (χ4n) is 3.57. The minimum absolute atomic E-state index is 0.00589. The van der Waals surface area contributed by atoms with Gasteiger partial charge in [-0.2, -0.15) is 0 Å². The molecule has 1 aliphatic rings. The largest absolute Gasteiger partial charge is 0.354 e. The number of likely N-dealkylation sites (tertiary alicyclic amines) is 1. The first-order valence-electron chi connectivity index (χ1n) is 9.71. The number of nitrogens with one attached hydrogen (secondary N) is 1. The number of hydrogen-bond donors (Lipinski definition) is 1. The monoisotopic (exact) mass is 370 g/mol.